The maximum absolute atomic E-state index is 13.0. The van der Waals surface area contributed by atoms with Gasteiger partial charge in [-0.1, -0.05) is 36.4 Å². The summed E-state index contributed by atoms with van der Waals surface area (Å²) >= 11 is 0. The standard InChI is InChI=1S/C18H12N2O3/c1-11-19-15-14(18(22)23-11)13-9-5-6-10-20(13)16(15)17(21)12-7-3-2-4-8-12/h2-10H,1H3. The predicted molar refractivity (Wildman–Crippen MR) is 85.8 cm³/mol. The molecule has 0 bridgehead atoms. The Kier molecular flexibility index (Phi) is 2.87. The molecule has 0 aliphatic carbocycles. The molecule has 5 heteroatoms. The Morgan fingerprint density at radius 2 is 1.83 bits per heavy atom. The zero-order chi connectivity index (χ0) is 16.0. The average Bonchev–Trinajstić information content (AvgIpc) is 2.89. The van der Waals surface area contributed by atoms with Crippen LogP contribution >= 0.6 is 0 Å². The molecule has 4 aromatic rings. The third-order valence-corrected chi connectivity index (χ3v) is 3.78. The summed E-state index contributed by atoms with van der Waals surface area (Å²) in [7, 11) is 0. The highest BCUT2D eigenvalue weighted by atomic mass is 16.4. The highest BCUT2D eigenvalue weighted by Gasteiger charge is 2.23. The summed E-state index contributed by atoms with van der Waals surface area (Å²) in [6.07, 6.45) is 1.75. The lowest BCUT2D eigenvalue weighted by molar-refractivity contribution is 0.103. The number of ketones is 1. The van der Waals surface area contributed by atoms with Gasteiger partial charge in [0.2, 0.25) is 5.78 Å². The predicted octanol–water partition coefficient (Wildman–Crippen LogP) is 2.98. The fourth-order valence-electron chi connectivity index (χ4n) is 2.81. The maximum Gasteiger partial charge on any atom is 0.349 e. The van der Waals surface area contributed by atoms with Crippen molar-refractivity contribution in [2.75, 3.05) is 0 Å². The molecule has 0 fully saturated rings. The van der Waals surface area contributed by atoms with Crippen molar-refractivity contribution >= 4 is 22.2 Å². The lowest BCUT2D eigenvalue weighted by atomic mass is 10.1. The van der Waals surface area contributed by atoms with Crippen molar-refractivity contribution in [1.29, 1.82) is 0 Å². The number of aromatic nitrogens is 2. The van der Waals surface area contributed by atoms with Crippen LogP contribution in [0.2, 0.25) is 0 Å². The molecule has 1 aromatic carbocycles. The number of hydrogen-bond acceptors (Lipinski definition) is 4. The molecule has 0 radical (unpaired) electrons. The van der Waals surface area contributed by atoms with E-state index in [0.717, 1.165) is 0 Å². The van der Waals surface area contributed by atoms with Crippen LogP contribution in [-0.2, 0) is 0 Å². The number of fused-ring (bicyclic) bond motifs is 3. The van der Waals surface area contributed by atoms with Gasteiger partial charge in [0.05, 0.1) is 5.52 Å². The molecule has 0 atom stereocenters. The summed E-state index contributed by atoms with van der Waals surface area (Å²) in [4.78, 5) is 29.5. The molecule has 4 rings (SSSR count). The molecule has 112 valence electrons. The minimum absolute atomic E-state index is 0.181. The van der Waals surface area contributed by atoms with Crippen LogP contribution in [-0.4, -0.2) is 15.2 Å². The number of benzene rings is 1. The molecule has 0 N–H and O–H groups in total. The largest absolute Gasteiger partial charge is 0.408 e. The van der Waals surface area contributed by atoms with Gasteiger partial charge in [-0.3, -0.25) is 4.79 Å². The number of aryl methyl sites for hydroxylation is 1. The normalized spacial score (nSPS) is 11.2. The third-order valence-electron chi connectivity index (χ3n) is 3.78. The maximum atomic E-state index is 13.0. The van der Waals surface area contributed by atoms with Gasteiger partial charge < -0.3 is 8.82 Å². The Hall–Kier alpha value is -3.21. The Balaban J connectivity index is 2.16. The Bertz CT molecular complexity index is 1110. The number of carbonyl (C=O) groups is 1. The minimum atomic E-state index is -0.483. The van der Waals surface area contributed by atoms with Crippen molar-refractivity contribution in [2.24, 2.45) is 0 Å². The van der Waals surface area contributed by atoms with Crippen LogP contribution in [0.1, 0.15) is 21.9 Å². The van der Waals surface area contributed by atoms with Crippen molar-refractivity contribution in [1.82, 2.24) is 9.38 Å². The van der Waals surface area contributed by atoms with E-state index < -0.39 is 5.63 Å². The van der Waals surface area contributed by atoms with Gasteiger partial charge in [-0.25, -0.2) is 9.78 Å². The Morgan fingerprint density at radius 3 is 2.61 bits per heavy atom. The molecule has 0 saturated carbocycles. The molecular formula is C18H12N2O3. The lowest BCUT2D eigenvalue weighted by Crippen LogP contribution is -2.07. The van der Waals surface area contributed by atoms with Gasteiger partial charge in [-0.05, 0) is 12.1 Å². The number of hydrogen-bond donors (Lipinski definition) is 0. The molecule has 0 unspecified atom stereocenters. The highest BCUT2D eigenvalue weighted by molar-refractivity contribution is 6.17. The topological polar surface area (TPSA) is 64.6 Å². The van der Waals surface area contributed by atoms with Crippen LogP contribution in [0.4, 0.5) is 0 Å². The van der Waals surface area contributed by atoms with E-state index >= 15 is 0 Å². The number of carbonyl (C=O) groups excluding carboxylic acids is 1. The molecule has 0 spiro atoms. The average molecular weight is 304 g/mol. The van der Waals surface area contributed by atoms with Gasteiger partial charge in [0, 0.05) is 18.7 Å². The van der Waals surface area contributed by atoms with E-state index in [0.29, 0.717) is 27.7 Å². The fraction of sp³-hybridized carbons (Fsp3) is 0.0556. The molecule has 0 saturated heterocycles. The van der Waals surface area contributed by atoms with E-state index in [1.807, 2.05) is 18.2 Å². The van der Waals surface area contributed by atoms with E-state index in [-0.39, 0.29) is 11.7 Å². The summed E-state index contributed by atoms with van der Waals surface area (Å²) in [5, 5.41) is 0.329. The van der Waals surface area contributed by atoms with E-state index in [1.54, 1.807) is 47.9 Å². The van der Waals surface area contributed by atoms with Crippen molar-refractivity contribution in [3.63, 3.8) is 0 Å². The van der Waals surface area contributed by atoms with Crippen LogP contribution in [0, 0.1) is 6.92 Å². The van der Waals surface area contributed by atoms with E-state index in [1.165, 1.54) is 0 Å². The van der Waals surface area contributed by atoms with Crippen molar-refractivity contribution in [2.45, 2.75) is 6.92 Å². The quantitative estimate of drug-likeness (QED) is 0.534. The van der Waals surface area contributed by atoms with Crippen molar-refractivity contribution in [3.8, 4) is 0 Å². The molecule has 3 heterocycles. The second-order valence-electron chi connectivity index (χ2n) is 5.24. The van der Waals surface area contributed by atoms with Gasteiger partial charge in [0.1, 0.15) is 16.6 Å². The smallest absolute Gasteiger partial charge is 0.349 e. The zero-order valence-corrected chi connectivity index (χ0v) is 12.3. The number of nitrogens with zero attached hydrogens (tertiary/aromatic N) is 2. The summed E-state index contributed by atoms with van der Waals surface area (Å²) in [5.41, 5.74) is 1.42. The van der Waals surface area contributed by atoms with E-state index in [9.17, 15) is 9.59 Å². The first-order chi connectivity index (χ1) is 11.2. The number of pyridine rings is 1. The number of rotatable bonds is 2. The SMILES string of the molecule is Cc1nc2c(C(=O)c3ccccc3)n3ccccc3c2c(=O)o1. The van der Waals surface area contributed by atoms with Crippen LogP contribution in [0.5, 0.6) is 0 Å². The molecule has 0 aliphatic rings. The van der Waals surface area contributed by atoms with Crippen LogP contribution in [0.25, 0.3) is 16.4 Å². The molecular weight excluding hydrogens is 292 g/mol. The summed E-state index contributed by atoms with van der Waals surface area (Å²) in [6, 6.07) is 14.3. The fourth-order valence-corrected chi connectivity index (χ4v) is 2.81. The first-order valence-corrected chi connectivity index (χ1v) is 7.17. The highest BCUT2D eigenvalue weighted by Crippen LogP contribution is 2.25. The summed E-state index contributed by atoms with van der Waals surface area (Å²) in [6.45, 7) is 1.60. The Morgan fingerprint density at radius 1 is 1.09 bits per heavy atom. The lowest BCUT2D eigenvalue weighted by Gasteiger charge is -2.02. The van der Waals surface area contributed by atoms with Gasteiger partial charge in [-0.15, -0.1) is 0 Å². The second-order valence-corrected chi connectivity index (χ2v) is 5.24. The second kappa shape index (κ2) is 4.91. The minimum Gasteiger partial charge on any atom is -0.408 e. The first-order valence-electron chi connectivity index (χ1n) is 7.17. The third kappa shape index (κ3) is 1.97. The Labute approximate surface area is 130 Å². The van der Waals surface area contributed by atoms with Crippen LogP contribution < -0.4 is 5.63 Å². The monoisotopic (exact) mass is 304 g/mol. The van der Waals surface area contributed by atoms with Gasteiger partial charge in [0.15, 0.2) is 5.89 Å². The molecule has 0 amide bonds. The first kappa shape index (κ1) is 13.5. The summed E-state index contributed by atoms with van der Waals surface area (Å²) in [5.74, 6) is 0.0554. The van der Waals surface area contributed by atoms with Crippen molar-refractivity contribution < 1.29 is 9.21 Å². The molecule has 3 aromatic heterocycles. The summed E-state index contributed by atoms with van der Waals surface area (Å²) < 4.78 is 6.80. The molecule has 23 heavy (non-hydrogen) atoms. The van der Waals surface area contributed by atoms with Crippen molar-refractivity contribution in [3.05, 3.63) is 82.3 Å². The zero-order valence-electron chi connectivity index (χ0n) is 12.3. The van der Waals surface area contributed by atoms with Gasteiger partial charge in [0.25, 0.3) is 0 Å². The van der Waals surface area contributed by atoms with E-state index in [4.69, 9.17) is 4.42 Å². The van der Waals surface area contributed by atoms with Crippen LogP contribution in [0.3, 0.4) is 0 Å². The molecule has 5 nitrogen and oxygen atoms in total. The molecule has 0 aliphatic heterocycles. The van der Waals surface area contributed by atoms with Crippen LogP contribution in [0.15, 0.2) is 63.9 Å². The van der Waals surface area contributed by atoms with Gasteiger partial charge >= 0.3 is 5.63 Å². The van der Waals surface area contributed by atoms with Gasteiger partial charge in [-0.2, -0.15) is 0 Å². The van der Waals surface area contributed by atoms with E-state index in [2.05, 4.69) is 4.98 Å².